The van der Waals surface area contributed by atoms with E-state index in [4.69, 9.17) is 15.1 Å². The van der Waals surface area contributed by atoms with Gasteiger partial charge in [0.15, 0.2) is 11.7 Å². The van der Waals surface area contributed by atoms with Gasteiger partial charge in [0, 0.05) is 18.7 Å². The highest BCUT2D eigenvalue weighted by Crippen LogP contribution is 2.39. The third-order valence-corrected chi connectivity index (χ3v) is 5.15. The van der Waals surface area contributed by atoms with Gasteiger partial charge >= 0.3 is 0 Å². The van der Waals surface area contributed by atoms with Crippen LogP contribution in [-0.4, -0.2) is 48.9 Å². The number of hydrogen-bond donors (Lipinski definition) is 3. The predicted octanol–water partition coefficient (Wildman–Crippen LogP) is 2.85. The Labute approximate surface area is 176 Å². The molecule has 7 nitrogen and oxygen atoms in total. The van der Waals surface area contributed by atoms with Gasteiger partial charge in [0.25, 0.3) is 5.91 Å². The van der Waals surface area contributed by atoms with Crippen molar-refractivity contribution in [3.05, 3.63) is 59.7 Å². The fourth-order valence-electron chi connectivity index (χ4n) is 3.69. The minimum absolute atomic E-state index is 0.0436. The fourth-order valence-corrected chi connectivity index (χ4v) is 3.69. The number of aliphatic imine (C=N–C) groups is 2. The van der Waals surface area contributed by atoms with E-state index in [1.807, 2.05) is 36.4 Å². The van der Waals surface area contributed by atoms with Gasteiger partial charge in [0.1, 0.15) is 0 Å². The van der Waals surface area contributed by atoms with Gasteiger partial charge in [-0.05, 0) is 35.7 Å². The van der Waals surface area contributed by atoms with Crippen LogP contribution in [0.1, 0.15) is 35.8 Å². The third kappa shape index (κ3) is 3.93. The molecule has 7 heteroatoms. The molecule has 2 heterocycles. The zero-order chi connectivity index (χ0) is 21.1. The number of nitrogens with one attached hydrogen (secondary N) is 2. The third-order valence-electron chi connectivity index (χ3n) is 5.15. The molecule has 1 unspecified atom stereocenters. The van der Waals surface area contributed by atoms with Crippen LogP contribution >= 0.6 is 0 Å². The van der Waals surface area contributed by atoms with Crippen LogP contribution in [0.25, 0.3) is 0 Å². The largest absolute Gasteiger partial charge is 0.395 e. The van der Waals surface area contributed by atoms with E-state index in [-0.39, 0.29) is 25.1 Å². The summed E-state index contributed by atoms with van der Waals surface area (Å²) in [6.07, 6.45) is 0. The Balaban J connectivity index is 1.63. The summed E-state index contributed by atoms with van der Waals surface area (Å²) in [4.78, 5) is 24.0. The van der Waals surface area contributed by atoms with Crippen LogP contribution in [0, 0.1) is 5.92 Å². The summed E-state index contributed by atoms with van der Waals surface area (Å²) in [5.41, 5.74) is 3.76. The van der Waals surface area contributed by atoms with Crippen LogP contribution in [0.2, 0.25) is 0 Å². The number of para-hydroxylation sites is 2. The Hall–Kier alpha value is -3.19. The van der Waals surface area contributed by atoms with Crippen molar-refractivity contribution in [2.24, 2.45) is 15.9 Å². The number of fused-ring (bicyclic) bond motifs is 3. The Bertz CT molecular complexity index is 981. The highest BCUT2D eigenvalue weighted by Gasteiger charge is 2.37. The standard InChI is InChI=1S/C23H27N5O2/c1-15(2)13-25-21-22-26-14-20(28(22)19-6-4-3-5-18(19)27-21)16-7-9-17(10-8-16)23(30)24-11-12-29/h3-10,15,20,29H,11-14H2,1-2H3,(H,24,30)(H,25,27). The second-order valence-corrected chi connectivity index (χ2v) is 7.88. The van der Waals surface area contributed by atoms with Gasteiger partial charge in [-0.15, -0.1) is 0 Å². The molecule has 1 atom stereocenters. The van der Waals surface area contributed by atoms with Gasteiger partial charge < -0.3 is 20.6 Å². The minimum atomic E-state index is -0.186. The second-order valence-electron chi connectivity index (χ2n) is 7.88. The minimum Gasteiger partial charge on any atom is -0.395 e. The molecular formula is C23H27N5O2. The molecule has 3 N–H and O–H groups in total. The first kappa shape index (κ1) is 20.1. The van der Waals surface area contributed by atoms with Gasteiger partial charge in [0.05, 0.1) is 30.6 Å². The maximum Gasteiger partial charge on any atom is 0.251 e. The van der Waals surface area contributed by atoms with E-state index in [2.05, 4.69) is 41.5 Å². The lowest BCUT2D eigenvalue weighted by Crippen LogP contribution is -2.43. The summed E-state index contributed by atoms with van der Waals surface area (Å²) in [6, 6.07) is 15.8. The predicted molar refractivity (Wildman–Crippen MR) is 121 cm³/mol. The SMILES string of the molecule is CC(C)CN=C1Nc2ccccc2N2C1=NCC2c1ccc(C(=O)NCCO)cc1. The maximum atomic E-state index is 12.1. The van der Waals surface area contributed by atoms with E-state index < -0.39 is 0 Å². The number of amidine groups is 2. The molecule has 0 fully saturated rings. The quantitative estimate of drug-likeness (QED) is 0.689. The van der Waals surface area contributed by atoms with Crippen LogP contribution < -0.4 is 15.5 Å². The van der Waals surface area contributed by atoms with Crippen LogP contribution in [0.5, 0.6) is 0 Å². The Morgan fingerprint density at radius 3 is 2.77 bits per heavy atom. The molecule has 2 aliphatic rings. The first-order chi connectivity index (χ1) is 14.6. The monoisotopic (exact) mass is 405 g/mol. The van der Waals surface area contributed by atoms with E-state index >= 15 is 0 Å². The van der Waals surface area contributed by atoms with Gasteiger partial charge in [-0.3, -0.25) is 14.8 Å². The Kier molecular flexibility index (Phi) is 5.81. The molecule has 2 aromatic carbocycles. The molecule has 0 aliphatic carbocycles. The smallest absolute Gasteiger partial charge is 0.251 e. The number of benzene rings is 2. The summed E-state index contributed by atoms with van der Waals surface area (Å²) in [5, 5.41) is 15.0. The van der Waals surface area contributed by atoms with E-state index in [9.17, 15) is 4.79 Å². The van der Waals surface area contributed by atoms with Crippen molar-refractivity contribution in [1.82, 2.24) is 5.32 Å². The first-order valence-corrected chi connectivity index (χ1v) is 10.3. The number of rotatable bonds is 6. The van der Waals surface area contributed by atoms with E-state index in [1.54, 1.807) is 0 Å². The molecule has 1 amide bonds. The van der Waals surface area contributed by atoms with Crippen molar-refractivity contribution in [2.45, 2.75) is 19.9 Å². The van der Waals surface area contributed by atoms with Gasteiger partial charge in [0.2, 0.25) is 0 Å². The van der Waals surface area contributed by atoms with Crippen LogP contribution in [0.15, 0.2) is 58.5 Å². The van der Waals surface area contributed by atoms with Gasteiger partial charge in [-0.25, -0.2) is 0 Å². The van der Waals surface area contributed by atoms with Crippen LogP contribution in [0.4, 0.5) is 11.4 Å². The zero-order valence-electron chi connectivity index (χ0n) is 17.3. The molecule has 2 aliphatic heterocycles. The number of anilines is 2. The number of carbonyl (C=O) groups is 1. The highest BCUT2D eigenvalue weighted by atomic mass is 16.3. The zero-order valence-corrected chi connectivity index (χ0v) is 17.3. The molecule has 2 aromatic rings. The van der Waals surface area contributed by atoms with E-state index in [1.165, 1.54) is 0 Å². The lowest BCUT2D eigenvalue weighted by molar-refractivity contribution is 0.0944. The summed E-state index contributed by atoms with van der Waals surface area (Å²) in [5.74, 6) is 1.95. The van der Waals surface area contributed by atoms with E-state index in [0.717, 1.165) is 35.2 Å². The molecule has 4 rings (SSSR count). The van der Waals surface area contributed by atoms with E-state index in [0.29, 0.717) is 18.0 Å². The van der Waals surface area contributed by atoms with Crippen LogP contribution in [-0.2, 0) is 0 Å². The number of aliphatic hydroxyl groups is 1. The molecule has 0 radical (unpaired) electrons. The average Bonchev–Trinajstić information content (AvgIpc) is 3.21. The molecule has 0 bridgehead atoms. The van der Waals surface area contributed by atoms with Crippen molar-refractivity contribution in [3.8, 4) is 0 Å². The maximum absolute atomic E-state index is 12.1. The number of carbonyl (C=O) groups excluding carboxylic acids is 1. The molecule has 156 valence electrons. The average molecular weight is 406 g/mol. The Morgan fingerprint density at radius 1 is 1.27 bits per heavy atom. The summed E-state index contributed by atoms with van der Waals surface area (Å²) < 4.78 is 0. The molecule has 0 spiro atoms. The number of aliphatic hydroxyl groups excluding tert-OH is 1. The second kappa shape index (κ2) is 8.67. The number of hydrogen-bond acceptors (Lipinski definition) is 5. The molecule has 30 heavy (non-hydrogen) atoms. The molecule has 0 saturated carbocycles. The van der Waals surface area contributed by atoms with Crippen molar-refractivity contribution in [3.63, 3.8) is 0 Å². The van der Waals surface area contributed by atoms with Crippen molar-refractivity contribution < 1.29 is 9.90 Å². The normalized spacial score (nSPS) is 18.7. The summed E-state index contributed by atoms with van der Waals surface area (Å²) in [6.45, 7) is 5.83. The van der Waals surface area contributed by atoms with Gasteiger partial charge in [-0.1, -0.05) is 38.1 Å². The molecular weight excluding hydrogens is 378 g/mol. The topological polar surface area (TPSA) is 89.3 Å². The molecule has 0 aromatic heterocycles. The first-order valence-electron chi connectivity index (χ1n) is 10.3. The van der Waals surface area contributed by atoms with Crippen molar-refractivity contribution in [1.29, 1.82) is 0 Å². The molecule has 0 saturated heterocycles. The van der Waals surface area contributed by atoms with Crippen molar-refractivity contribution >= 4 is 29.0 Å². The number of nitrogens with zero attached hydrogens (tertiary/aromatic N) is 3. The number of amides is 1. The highest BCUT2D eigenvalue weighted by molar-refractivity contribution is 6.52. The Morgan fingerprint density at radius 2 is 2.03 bits per heavy atom. The lowest BCUT2D eigenvalue weighted by Gasteiger charge is -2.34. The van der Waals surface area contributed by atoms with Crippen molar-refractivity contribution in [2.75, 3.05) is 36.5 Å². The van der Waals surface area contributed by atoms with Gasteiger partial charge in [-0.2, -0.15) is 0 Å². The summed E-state index contributed by atoms with van der Waals surface area (Å²) in [7, 11) is 0. The lowest BCUT2D eigenvalue weighted by atomic mass is 10.0. The fraction of sp³-hybridized carbons (Fsp3) is 0.348. The van der Waals surface area contributed by atoms with Crippen LogP contribution in [0.3, 0.4) is 0 Å². The summed E-state index contributed by atoms with van der Waals surface area (Å²) >= 11 is 0.